The largest absolute Gasteiger partial charge is 0.478 e. The van der Waals surface area contributed by atoms with E-state index >= 15 is 0 Å². The van der Waals surface area contributed by atoms with Gasteiger partial charge < -0.3 is 5.11 Å². The second-order valence-electron chi connectivity index (χ2n) is 3.17. The van der Waals surface area contributed by atoms with E-state index in [0.29, 0.717) is 5.56 Å². The number of carboxylic acids is 1. The van der Waals surface area contributed by atoms with Crippen LogP contribution in [0.15, 0.2) is 30.5 Å². The lowest BCUT2D eigenvalue weighted by molar-refractivity contribution is 0.0696. The van der Waals surface area contributed by atoms with Crippen molar-refractivity contribution < 1.29 is 9.90 Å². The average molecular weight is 187 g/mol. The first kappa shape index (κ1) is 8.69. The van der Waals surface area contributed by atoms with Crippen molar-refractivity contribution >= 4 is 16.9 Å². The van der Waals surface area contributed by atoms with Crippen LogP contribution >= 0.6 is 0 Å². The zero-order valence-electron chi connectivity index (χ0n) is 7.69. The maximum Gasteiger partial charge on any atom is 0.335 e. The SMILES string of the molecule is Cc1cc2ncccc2cc1C(=O)O. The summed E-state index contributed by atoms with van der Waals surface area (Å²) in [7, 11) is 0. The molecule has 0 aliphatic heterocycles. The normalized spacial score (nSPS) is 10.4. The zero-order valence-corrected chi connectivity index (χ0v) is 7.69. The van der Waals surface area contributed by atoms with Crippen LogP contribution in [-0.4, -0.2) is 16.1 Å². The Hall–Kier alpha value is -1.90. The van der Waals surface area contributed by atoms with Gasteiger partial charge in [0, 0.05) is 11.6 Å². The van der Waals surface area contributed by atoms with E-state index in [1.807, 2.05) is 6.07 Å². The van der Waals surface area contributed by atoms with Crippen molar-refractivity contribution in [1.82, 2.24) is 4.98 Å². The third kappa shape index (κ3) is 1.33. The minimum Gasteiger partial charge on any atom is -0.478 e. The molecule has 1 aromatic carbocycles. The fraction of sp³-hybridized carbons (Fsp3) is 0.0909. The molecule has 0 radical (unpaired) electrons. The number of rotatable bonds is 1. The van der Waals surface area contributed by atoms with E-state index < -0.39 is 5.97 Å². The molecule has 0 atom stereocenters. The lowest BCUT2D eigenvalue weighted by atomic mass is 10.1. The van der Waals surface area contributed by atoms with Gasteiger partial charge in [0.1, 0.15) is 0 Å². The molecule has 70 valence electrons. The average Bonchev–Trinajstić information content (AvgIpc) is 2.16. The van der Waals surface area contributed by atoms with Gasteiger partial charge in [-0.2, -0.15) is 0 Å². The number of benzene rings is 1. The Balaban J connectivity index is 2.77. The smallest absolute Gasteiger partial charge is 0.335 e. The van der Waals surface area contributed by atoms with Gasteiger partial charge in [-0.05, 0) is 30.7 Å². The highest BCUT2D eigenvalue weighted by atomic mass is 16.4. The summed E-state index contributed by atoms with van der Waals surface area (Å²) >= 11 is 0. The van der Waals surface area contributed by atoms with Crippen LogP contribution in [-0.2, 0) is 0 Å². The van der Waals surface area contributed by atoms with Crippen molar-refractivity contribution in [1.29, 1.82) is 0 Å². The van der Waals surface area contributed by atoms with Gasteiger partial charge in [-0.3, -0.25) is 4.98 Å². The van der Waals surface area contributed by atoms with Crippen molar-refractivity contribution in [3.8, 4) is 0 Å². The third-order valence-electron chi connectivity index (χ3n) is 2.18. The Morgan fingerprint density at radius 2 is 2.21 bits per heavy atom. The van der Waals surface area contributed by atoms with Crippen LogP contribution < -0.4 is 0 Å². The van der Waals surface area contributed by atoms with E-state index in [-0.39, 0.29) is 0 Å². The van der Waals surface area contributed by atoms with E-state index in [4.69, 9.17) is 5.11 Å². The molecule has 14 heavy (non-hydrogen) atoms. The number of hydrogen-bond donors (Lipinski definition) is 1. The third-order valence-corrected chi connectivity index (χ3v) is 2.18. The number of carboxylic acid groups (broad SMARTS) is 1. The standard InChI is InChI=1S/C11H9NO2/c1-7-5-10-8(3-2-4-12-10)6-9(7)11(13)14/h2-6H,1H3,(H,13,14). The highest BCUT2D eigenvalue weighted by Gasteiger charge is 2.07. The van der Waals surface area contributed by atoms with E-state index in [0.717, 1.165) is 16.5 Å². The molecule has 0 amide bonds. The number of hydrogen-bond acceptors (Lipinski definition) is 2. The molecule has 3 nitrogen and oxygen atoms in total. The summed E-state index contributed by atoms with van der Waals surface area (Å²) in [5.74, 6) is -0.895. The molecule has 0 spiro atoms. The van der Waals surface area contributed by atoms with E-state index in [9.17, 15) is 4.79 Å². The molecule has 0 fully saturated rings. The second kappa shape index (κ2) is 3.10. The van der Waals surface area contributed by atoms with Gasteiger partial charge in [0.05, 0.1) is 11.1 Å². The summed E-state index contributed by atoms with van der Waals surface area (Å²) in [6.45, 7) is 1.78. The van der Waals surface area contributed by atoms with Gasteiger partial charge in [-0.15, -0.1) is 0 Å². The number of carbonyl (C=O) groups is 1. The van der Waals surface area contributed by atoms with Crippen LogP contribution in [0.25, 0.3) is 10.9 Å². The predicted molar refractivity (Wildman–Crippen MR) is 53.4 cm³/mol. The number of nitrogens with zero attached hydrogens (tertiary/aromatic N) is 1. The van der Waals surface area contributed by atoms with Crippen LogP contribution in [0.3, 0.4) is 0 Å². The van der Waals surface area contributed by atoms with Gasteiger partial charge in [0.15, 0.2) is 0 Å². The molecule has 2 rings (SSSR count). The van der Waals surface area contributed by atoms with Crippen molar-refractivity contribution in [2.75, 3.05) is 0 Å². The molecule has 3 heteroatoms. The van der Waals surface area contributed by atoms with Gasteiger partial charge in [0.2, 0.25) is 0 Å². The van der Waals surface area contributed by atoms with Crippen molar-refractivity contribution in [3.63, 3.8) is 0 Å². The minimum atomic E-state index is -0.895. The highest BCUT2D eigenvalue weighted by Crippen LogP contribution is 2.17. The first-order chi connectivity index (χ1) is 6.68. The van der Waals surface area contributed by atoms with E-state index in [2.05, 4.69) is 4.98 Å². The summed E-state index contributed by atoms with van der Waals surface area (Å²) in [6, 6.07) is 7.09. The number of fused-ring (bicyclic) bond motifs is 1. The summed E-state index contributed by atoms with van der Waals surface area (Å²) in [5.41, 5.74) is 1.91. The number of aromatic carboxylic acids is 1. The Bertz CT molecular complexity index is 506. The zero-order chi connectivity index (χ0) is 10.1. The first-order valence-electron chi connectivity index (χ1n) is 4.27. The monoisotopic (exact) mass is 187 g/mol. The van der Waals surface area contributed by atoms with Crippen LogP contribution in [0, 0.1) is 6.92 Å². The summed E-state index contributed by atoms with van der Waals surface area (Å²) in [6.07, 6.45) is 1.70. The quantitative estimate of drug-likeness (QED) is 0.744. The molecular formula is C11H9NO2. The predicted octanol–water partition coefficient (Wildman–Crippen LogP) is 2.24. The van der Waals surface area contributed by atoms with Crippen LogP contribution in [0.5, 0.6) is 0 Å². The lowest BCUT2D eigenvalue weighted by Crippen LogP contribution is -1.99. The lowest BCUT2D eigenvalue weighted by Gasteiger charge is -2.02. The highest BCUT2D eigenvalue weighted by molar-refractivity contribution is 5.94. The molecule has 0 bridgehead atoms. The van der Waals surface area contributed by atoms with Crippen molar-refractivity contribution in [3.05, 3.63) is 41.6 Å². The molecule has 0 unspecified atom stereocenters. The molecular weight excluding hydrogens is 178 g/mol. The number of aryl methyl sites for hydroxylation is 1. The molecule has 0 saturated carbocycles. The molecule has 2 aromatic rings. The molecule has 1 heterocycles. The fourth-order valence-electron chi connectivity index (χ4n) is 1.46. The summed E-state index contributed by atoms with van der Waals surface area (Å²) < 4.78 is 0. The fourth-order valence-corrected chi connectivity index (χ4v) is 1.46. The van der Waals surface area contributed by atoms with Crippen LogP contribution in [0.4, 0.5) is 0 Å². The number of aromatic nitrogens is 1. The minimum absolute atomic E-state index is 0.338. The molecule has 0 aliphatic carbocycles. The van der Waals surface area contributed by atoms with Gasteiger partial charge in [-0.25, -0.2) is 4.79 Å². The first-order valence-corrected chi connectivity index (χ1v) is 4.27. The molecule has 1 N–H and O–H groups in total. The summed E-state index contributed by atoms with van der Waals surface area (Å²) in [4.78, 5) is 15.0. The van der Waals surface area contributed by atoms with Crippen LogP contribution in [0.1, 0.15) is 15.9 Å². The summed E-state index contributed by atoms with van der Waals surface area (Å²) in [5, 5.41) is 9.76. The number of pyridine rings is 1. The Labute approximate surface area is 81.0 Å². The Morgan fingerprint density at radius 1 is 1.43 bits per heavy atom. The van der Waals surface area contributed by atoms with E-state index in [1.54, 1.807) is 31.3 Å². The van der Waals surface area contributed by atoms with E-state index in [1.165, 1.54) is 0 Å². The Morgan fingerprint density at radius 3 is 2.93 bits per heavy atom. The molecule has 0 saturated heterocycles. The maximum absolute atomic E-state index is 10.8. The Kier molecular flexibility index (Phi) is 1.93. The maximum atomic E-state index is 10.8. The topological polar surface area (TPSA) is 50.2 Å². The molecule has 0 aliphatic rings. The molecule has 1 aromatic heterocycles. The van der Waals surface area contributed by atoms with Crippen molar-refractivity contribution in [2.24, 2.45) is 0 Å². The van der Waals surface area contributed by atoms with Crippen LogP contribution in [0.2, 0.25) is 0 Å². The van der Waals surface area contributed by atoms with Gasteiger partial charge in [0.25, 0.3) is 0 Å². The van der Waals surface area contributed by atoms with Crippen molar-refractivity contribution in [2.45, 2.75) is 6.92 Å². The van der Waals surface area contributed by atoms with Gasteiger partial charge in [-0.1, -0.05) is 6.07 Å². The van der Waals surface area contributed by atoms with Gasteiger partial charge >= 0.3 is 5.97 Å². The second-order valence-corrected chi connectivity index (χ2v) is 3.17.